The summed E-state index contributed by atoms with van der Waals surface area (Å²) < 4.78 is 5.64. The van der Waals surface area contributed by atoms with E-state index in [1.54, 1.807) is 0 Å². The molecule has 0 aliphatic carbocycles. The minimum absolute atomic E-state index is 0.0329. The second-order valence-corrected chi connectivity index (χ2v) is 7.78. The number of thiocarbonyl (C=S) groups is 1. The van der Waals surface area contributed by atoms with Crippen LogP contribution in [0.2, 0.25) is 10.0 Å². The molecule has 134 valence electrons. The topological polar surface area (TPSA) is 87.8 Å². The monoisotopic (exact) mass is 429 g/mol. The van der Waals surface area contributed by atoms with Gasteiger partial charge in [-0.1, -0.05) is 47.2 Å². The SMILES string of the molecule is O=C(O)CCN1C(=O)/C(=C/c2coc3c(Cl)cc(Cl)cc3c2=O)SC1=S. The highest BCUT2D eigenvalue weighted by molar-refractivity contribution is 8.26. The molecule has 26 heavy (non-hydrogen) atoms. The van der Waals surface area contributed by atoms with Crippen molar-refractivity contribution in [3.8, 4) is 0 Å². The fourth-order valence-electron chi connectivity index (χ4n) is 2.32. The molecule has 1 aromatic carbocycles. The number of hydrogen-bond donors (Lipinski definition) is 1. The summed E-state index contributed by atoms with van der Waals surface area (Å²) in [5.41, 5.74) is -0.0618. The summed E-state index contributed by atoms with van der Waals surface area (Å²) in [5.74, 6) is -1.49. The van der Waals surface area contributed by atoms with E-state index in [4.69, 9.17) is 44.9 Å². The zero-order chi connectivity index (χ0) is 19.0. The molecule has 2 aromatic rings. The van der Waals surface area contributed by atoms with Gasteiger partial charge in [-0.05, 0) is 18.2 Å². The van der Waals surface area contributed by atoms with Gasteiger partial charge < -0.3 is 9.52 Å². The molecular formula is C16H9Cl2NO5S2. The number of carboxylic acids is 1. The summed E-state index contributed by atoms with van der Waals surface area (Å²) in [4.78, 5) is 37.1. The fourth-order valence-corrected chi connectivity index (χ4v) is 4.16. The highest BCUT2D eigenvalue weighted by Crippen LogP contribution is 2.33. The van der Waals surface area contributed by atoms with Crippen molar-refractivity contribution in [1.29, 1.82) is 0 Å². The number of carbonyl (C=O) groups excluding carboxylic acids is 1. The Hall–Kier alpha value is -1.87. The molecular weight excluding hydrogens is 421 g/mol. The number of nitrogens with zero attached hydrogens (tertiary/aromatic N) is 1. The minimum Gasteiger partial charge on any atom is -0.481 e. The lowest BCUT2D eigenvalue weighted by atomic mass is 10.1. The lowest BCUT2D eigenvalue weighted by Crippen LogP contribution is -2.30. The third kappa shape index (κ3) is 3.64. The van der Waals surface area contributed by atoms with Gasteiger partial charge in [-0.3, -0.25) is 19.3 Å². The van der Waals surface area contributed by atoms with Crippen LogP contribution in [0.25, 0.3) is 17.0 Å². The number of thioether (sulfide) groups is 1. The molecule has 0 bridgehead atoms. The molecule has 1 amide bonds. The van der Waals surface area contributed by atoms with Gasteiger partial charge >= 0.3 is 5.97 Å². The van der Waals surface area contributed by atoms with E-state index in [0.717, 1.165) is 11.8 Å². The van der Waals surface area contributed by atoms with Crippen LogP contribution in [0.1, 0.15) is 12.0 Å². The van der Waals surface area contributed by atoms with Gasteiger partial charge in [0.05, 0.1) is 27.3 Å². The van der Waals surface area contributed by atoms with Crippen molar-refractivity contribution in [2.75, 3.05) is 6.54 Å². The van der Waals surface area contributed by atoms with Gasteiger partial charge in [-0.2, -0.15) is 0 Å². The van der Waals surface area contributed by atoms with Crippen LogP contribution in [-0.2, 0) is 9.59 Å². The third-order valence-corrected chi connectivity index (χ3v) is 5.41. The van der Waals surface area contributed by atoms with E-state index in [9.17, 15) is 14.4 Å². The van der Waals surface area contributed by atoms with E-state index >= 15 is 0 Å². The number of hydrogen-bond acceptors (Lipinski definition) is 6. The Labute approximate surface area is 166 Å². The average Bonchev–Trinajstić information content (AvgIpc) is 2.82. The largest absolute Gasteiger partial charge is 0.481 e. The van der Waals surface area contributed by atoms with E-state index in [-0.39, 0.29) is 48.8 Å². The molecule has 1 aromatic heterocycles. The number of fused-ring (bicyclic) bond motifs is 1. The summed E-state index contributed by atoms with van der Waals surface area (Å²) in [6.45, 7) is -0.0329. The molecule has 0 saturated carbocycles. The molecule has 1 aliphatic heterocycles. The Balaban J connectivity index is 1.99. The number of amides is 1. The predicted molar refractivity (Wildman–Crippen MR) is 105 cm³/mol. The number of rotatable bonds is 4. The summed E-state index contributed by atoms with van der Waals surface area (Å²) >= 11 is 18.0. The van der Waals surface area contributed by atoms with Crippen LogP contribution in [0.3, 0.4) is 0 Å². The minimum atomic E-state index is -1.04. The first kappa shape index (κ1) is 18.9. The van der Waals surface area contributed by atoms with Gasteiger partial charge in [0.1, 0.15) is 10.6 Å². The van der Waals surface area contributed by atoms with Crippen LogP contribution < -0.4 is 5.43 Å². The first-order valence-electron chi connectivity index (χ1n) is 7.15. The van der Waals surface area contributed by atoms with E-state index in [2.05, 4.69) is 0 Å². The van der Waals surface area contributed by atoms with E-state index in [1.807, 2.05) is 0 Å². The van der Waals surface area contributed by atoms with Crippen molar-refractivity contribution in [1.82, 2.24) is 4.90 Å². The lowest BCUT2D eigenvalue weighted by Gasteiger charge is -2.12. The highest BCUT2D eigenvalue weighted by Gasteiger charge is 2.32. The molecule has 1 aliphatic rings. The van der Waals surface area contributed by atoms with E-state index in [0.29, 0.717) is 0 Å². The molecule has 10 heteroatoms. The van der Waals surface area contributed by atoms with Gasteiger partial charge in [0, 0.05) is 11.6 Å². The normalized spacial score (nSPS) is 16.1. The average molecular weight is 430 g/mol. The summed E-state index contributed by atoms with van der Waals surface area (Å²) in [7, 11) is 0. The molecule has 3 rings (SSSR count). The molecule has 2 heterocycles. The molecule has 1 fully saturated rings. The summed E-state index contributed by atoms with van der Waals surface area (Å²) in [6.07, 6.45) is 2.34. The quantitative estimate of drug-likeness (QED) is 0.584. The number of halogens is 2. The number of aliphatic carboxylic acids is 1. The molecule has 0 spiro atoms. The van der Waals surface area contributed by atoms with Gasteiger partial charge in [0.2, 0.25) is 0 Å². The Morgan fingerprint density at radius 2 is 2.08 bits per heavy atom. The van der Waals surface area contributed by atoms with Crippen LogP contribution >= 0.6 is 47.2 Å². The van der Waals surface area contributed by atoms with Crippen LogP contribution in [0.15, 0.2) is 32.5 Å². The van der Waals surface area contributed by atoms with Crippen LogP contribution in [0.5, 0.6) is 0 Å². The Morgan fingerprint density at radius 3 is 2.77 bits per heavy atom. The van der Waals surface area contributed by atoms with Crippen molar-refractivity contribution < 1.29 is 19.1 Å². The van der Waals surface area contributed by atoms with Crippen LogP contribution in [0, 0.1) is 0 Å². The fraction of sp³-hybridized carbons (Fsp3) is 0.125. The highest BCUT2D eigenvalue weighted by atomic mass is 35.5. The van der Waals surface area contributed by atoms with E-state index < -0.39 is 17.3 Å². The molecule has 0 radical (unpaired) electrons. The molecule has 0 atom stereocenters. The molecule has 6 nitrogen and oxygen atoms in total. The molecule has 0 unspecified atom stereocenters. The van der Waals surface area contributed by atoms with Crippen molar-refractivity contribution >= 4 is 80.4 Å². The van der Waals surface area contributed by atoms with Crippen LogP contribution in [0.4, 0.5) is 0 Å². The van der Waals surface area contributed by atoms with Gasteiger partial charge in [0.25, 0.3) is 5.91 Å². The Kier molecular flexibility index (Phi) is 5.38. The van der Waals surface area contributed by atoms with Gasteiger partial charge in [-0.15, -0.1) is 0 Å². The second-order valence-electron chi connectivity index (χ2n) is 5.26. The maximum atomic E-state index is 12.6. The molecule has 1 N–H and O–H groups in total. The summed E-state index contributed by atoms with van der Waals surface area (Å²) in [6, 6.07) is 2.89. The van der Waals surface area contributed by atoms with Gasteiger partial charge in [-0.25, -0.2) is 0 Å². The number of benzene rings is 1. The first-order valence-corrected chi connectivity index (χ1v) is 9.13. The van der Waals surface area contributed by atoms with E-state index in [1.165, 1.54) is 29.4 Å². The zero-order valence-electron chi connectivity index (χ0n) is 12.8. The predicted octanol–water partition coefficient (Wildman–Crippen LogP) is 3.78. The Bertz CT molecular complexity index is 1050. The maximum Gasteiger partial charge on any atom is 0.305 e. The maximum absolute atomic E-state index is 12.6. The lowest BCUT2D eigenvalue weighted by molar-refractivity contribution is -0.137. The number of carbonyl (C=O) groups is 2. The van der Waals surface area contributed by atoms with Crippen molar-refractivity contribution in [3.63, 3.8) is 0 Å². The second kappa shape index (κ2) is 7.40. The standard InChI is InChI=1S/C16H9Cl2NO5S2/c17-8-4-9-13(22)7(6-24-14(9)10(18)5-8)3-11-15(23)19(16(25)26-11)2-1-12(20)21/h3-6H,1-2H2,(H,20,21)/b11-3-. The van der Waals surface area contributed by atoms with Crippen molar-refractivity contribution in [2.24, 2.45) is 0 Å². The Morgan fingerprint density at radius 1 is 1.35 bits per heavy atom. The first-order chi connectivity index (χ1) is 12.3. The smallest absolute Gasteiger partial charge is 0.305 e. The summed E-state index contributed by atoms with van der Waals surface area (Å²) in [5, 5.41) is 9.43. The van der Waals surface area contributed by atoms with Crippen LogP contribution in [-0.4, -0.2) is 32.7 Å². The third-order valence-electron chi connectivity index (χ3n) is 3.53. The zero-order valence-corrected chi connectivity index (χ0v) is 16.0. The van der Waals surface area contributed by atoms with Crippen molar-refractivity contribution in [2.45, 2.75) is 6.42 Å². The number of carboxylic acid groups (broad SMARTS) is 1. The molecule has 1 saturated heterocycles. The van der Waals surface area contributed by atoms with Gasteiger partial charge in [0.15, 0.2) is 11.0 Å². The van der Waals surface area contributed by atoms with Crippen molar-refractivity contribution in [3.05, 3.63) is 49.1 Å².